The monoisotopic (exact) mass is 332 g/mol. The first-order valence-electron chi connectivity index (χ1n) is 6.44. The second-order valence-corrected chi connectivity index (χ2v) is 5.67. The average Bonchev–Trinajstić information content (AvgIpc) is 2.42. The summed E-state index contributed by atoms with van der Waals surface area (Å²) in [7, 11) is 0. The maximum Gasteiger partial charge on any atom is 0.224 e. The molecule has 1 atom stereocenters. The molecule has 0 aromatic heterocycles. The number of nitrogens with two attached hydrogens (primary N) is 1. The number of rotatable bonds is 4. The summed E-state index contributed by atoms with van der Waals surface area (Å²) in [5.41, 5.74) is 8.37. The number of hydrogen-bond donors (Lipinski definition) is 2. The summed E-state index contributed by atoms with van der Waals surface area (Å²) in [6.45, 7) is 1.98. The molecule has 0 radical (unpaired) electrons. The summed E-state index contributed by atoms with van der Waals surface area (Å²) in [5, 5.41) is 2.99. The van der Waals surface area contributed by atoms with Crippen molar-refractivity contribution in [2.75, 3.05) is 5.73 Å². The molecule has 0 heterocycles. The fraction of sp³-hybridized carbons (Fsp3) is 0.188. The fourth-order valence-electron chi connectivity index (χ4n) is 1.95. The van der Waals surface area contributed by atoms with Crippen molar-refractivity contribution < 1.29 is 4.79 Å². The molecule has 2 aromatic carbocycles. The minimum atomic E-state index is -0.00983. The van der Waals surface area contributed by atoms with E-state index in [0.29, 0.717) is 12.1 Å². The largest absolute Gasteiger partial charge is 0.399 e. The van der Waals surface area contributed by atoms with Gasteiger partial charge in [0.1, 0.15) is 0 Å². The summed E-state index contributed by atoms with van der Waals surface area (Å²) in [5.74, 6) is 0.00481. The van der Waals surface area contributed by atoms with Crippen molar-refractivity contribution in [3.05, 3.63) is 64.1 Å². The smallest absolute Gasteiger partial charge is 0.224 e. The highest BCUT2D eigenvalue weighted by Gasteiger charge is 2.10. The van der Waals surface area contributed by atoms with Gasteiger partial charge in [0.25, 0.3) is 0 Å². The summed E-state index contributed by atoms with van der Waals surface area (Å²) in [6.07, 6.45) is 0.362. The number of carbonyl (C=O) groups excluding carboxylic acids is 1. The molecule has 0 fully saturated rings. The van der Waals surface area contributed by atoms with Gasteiger partial charge in [0.2, 0.25) is 5.91 Å². The lowest BCUT2D eigenvalue weighted by Gasteiger charge is -2.14. The van der Waals surface area contributed by atoms with Crippen LogP contribution < -0.4 is 11.1 Å². The molecule has 0 saturated carbocycles. The fourth-order valence-corrected chi connectivity index (χ4v) is 2.21. The molecule has 0 aliphatic rings. The van der Waals surface area contributed by atoms with E-state index in [-0.39, 0.29) is 11.9 Å². The Morgan fingerprint density at radius 2 is 1.75 bits per heavy atom. The van der Waals surface area contributed by atoms with Crippen LogP contribution in [0, 0.1) is 0 Å². The highest BCUT2D eigenvalue weighted by Crippen LogP contribution is 2.16. The number of benzene rings is 2. The van der Waals surface area contributed by atoms with Crippen LogP contribution in [0.15, 0.2) is 53.0 Å². The predicted octanol–water partition coefficient (Wildman–Crippen LogP) is 3.45. The van der Waals surface area contributed by atoms with Gasteiger partial charge in [-0.15, -0.1) is 0 Å². The number of anilines is 1. The first-order valence-corrected chi connectivity index (χ1v) is 7.23. The standard InChI is InChI=1S/C16H17BrN2O/c1-11(13-4-6-14(17)7-5-13)19-16(20)10-12-2-8-15(18)9-3-12/h2-9,11H,10,18H2,1H3,(H,19,20). The Morgan fingerprint density at radius 3 is 2.35 bits per heavy atom. The van der Waals surface area contributed by atoms with Crippen molar-refractivity contribution in [1.29, 1.82) is 0 Å². The molecule has 1 unspecified atom stereocenters. The van der Waals surface area contributed by atoms with Crippen LogP contribution in [0.5, 0.6) is 0 Å². The predicted molar refractivity (Wildman–Crippen MR) is 85.3 cm³/mol. The topological polar surface area (TPSA) is 55.1 Å². The molecule has 2 aromatic rings. The third-order valence-electron chi connectivity index (χ3n) is 3.09. The van der Waals surface area contributed by atoms with Crippen molar-refractivity contribution in [1.82, 2.24) is 5.32 Å². The summed E-state index contributed by atoms with van der Waals surface area (Å²) in [6, 6.07) is 15.3. The first kappa shape index (κ1) is 14.6. The Labute approximate surface area is 127 Å². The third kappa shape index (κ3) is 4.10. The minimum absolute atomic E-state index is 0.00481. The number of hydrogen-bond acceptors (Lipinski definition) is 2. The molecule has 0 spiro atoms. The zero-order chi connectivity index (χ0) is 14.5. The van der Waals surface area contributed by atoms with Crippen LogP contribution in [-0.2, 0) is 11.2 Å². The van der Waals surface area contributed by atoms with E-state index in [1.807, 2.05) is 43.3 Å². The second kappa shape index (κ2) is 6.57. The Balaban J connectivity index is 1.93. The van der Waals surface area contributed by atoms with Crippen molar-refractivity contribution in [3.8, 4) is 0 Å². The maximum atomic E-state index is 12.0. The lowest BCUT2D eigenvalue weighted by Crippen LogP contribution is -2.28. The van der Waals surface area contributed by atoms with E-state index in [2.05, 4.69) is 21.2 Å². The normalized spacial score (nSPS) is 11.9. The van der Waals surface area contributed by atoms with Gasteiger partial charge in [-0.25, -0.2) is 0 Å². The molecule has 2 rings (SSSR count). The Kier molecular flexibility index (Phi) is 4.79. The molecule has 0 bridgehead atoms. The summed E-state index contributed by atoms with van der Waals surface area (Å²) >= 11 is 3.40. The van der Waals surface area contributed by atoms with Gasteiger partial charge in [0, 0.05) is 10.2 Å². The van der Waals surface area contributed by atoms with Crippen LogP contribution in [0.3, 0.4) is 0 Å². The van der Waals surface area contributed by atoms with Gasteiger partial charge < -0.3 is 11.1 Å². The number of halogens is 1. The van der Waals surface area contributed by atoms with Gasteiger partial charge in [0.05, 0.1) is 12.5 Å². The van der Waals surface area contributed by atoms with E-state index in [1.165, 1.54) is 0 Å². The van der Waals surface area contributed by atoms with Crippen LogP contribution >= 0.6 is 15.9 Å². The van der Waals surface area contributed by atoms with E-state index in [1.54, 1.807) is 12.1 Å². The number of nitrogens with one attached hydrogen (secondary N) is 1. The van der Waals surface area contributed by atoms with Crippen LogP contribution in [0.2, 0.25) is 0 Å². The highest BCUT2D eigenvalue weighted by atomic mass is 79.9. The van der Waals surface area contributed by atoms with Crippen molar-refractivity contribution in [2.45, 2.75) is 19.4 Å². The molecule has 20 heavy (non-hydrogen) atoms. The second-order valence-electron chi connectivity index (χ2n) is 4.76. The summed E-state index contributed by atoms with van der Waals surface area (Å²) < 4.78 is 1.03. The first-order chi connectivity index (χ1) is 9.54. The van der Waals surface area contributed by atoms with Crippen molar-refractivity contribution >= 4 is 27.5 Å². The van der Waals surface area contributed by atoms with Crippen LogP contribution in [0.25, 0.3) is 0 Å². The van der Waals surface area contributed by atoms with Gasteiger partial charge in [-0.05, 0) is 42.3 Å². The van der Waals surface area contributed by atoms with E-state index < -0.39 is 0 Å². The molecule has 104 valence electrons. The lowest BCUT2D eigenvalue weighted by atomic mass is 10.1. The quantitative estimate of drug-likeness (QED) is 0.842. The van der Waals surface area contributed by atoms with E-state index in [4.69, 9.17) is 5.73 Å². The Bertz CT molecular complexity index is 578. The molecular weight excluding hydrogens is 316 g/mol. The molecular formula is C16H17BrN2O. The SMILES string of the molecule is CC(NC(=O)Cc1ccc(N)cc1)c1ccc(Br)cc1. The van der Waals surface area contributed by atoms with Crippen LogP contribution in [0.4, 0.5) is 5.69 Å². The lowest BCUT2D eigenvalue weighted by molar-refractivity contribution is -0.121. The van der Waals surface area contributed by atoms with Crippen molar-refractivity contribution in [2.24, 2.45) is 0 Å². The Hall–Kier alpha value is -1.81. The molecule has 3 nitrogen and oxygen atoms in total. The molecule has 1 amide bonds. The highest BCUT2D eigenvalue weighted by molar-refractivity contribution is 9.10. The van der Waals surface area contributed by atoms with Gasteiger partial charge >= 0.3 is 0 Å². The van der Waals surface area contributed by atoms with Gasteiger partial charge in [-0.3, -0.25) is 4.79 Å². The maximum absolute atomic E-state index is 12.0. The zero-order valence-electron chi connectivity index (χ0n) is 11.3. The van der Waals surface area contributed by atoms with E-state index >= 15 is 0 Å². The Morgan fingerprint density at radius 1 is 1.15 bits per heavy atom. The van der Waals surface area contributed by atoms with Gasteiger partial charge in [0.15, 0.2) is 0 Å². The number of carbonyl (C=O) groups is 1. The van der Waals surface area contributed by atoms with Crippen LogP contribution in [-0.4, -0.2) is 5.91 Å². The molecule has 0 saturated heterocycles. The summed E-state index contributed by atoms with van der Waals surface area (Å²) in [4.78, 5) is 12.0. The average molecular weight is 333 g/mol. The third-order valence-corrected chi connectivity index (χ3v) is 3.62. The molecule has 3 N–H and O–H groups in total. The van der Waals surface area contributed by atoms with Gasteiger partial charge in [-0.1, -0.05) is 40.2 Å². The van der Waals surface area contributed by atoms with E-state index in [0.717, 1.165) is 15.6 Å². The zero-order valence-corrected chi connectivity index (χ0v) is 12.9. The van der Waals surface area contributed by atoms with E-state index in [9.17, 15) is 4.79 Å². The number of amides is 1. The molecule has 4 heteroatoms. The minimum Gasteiger partial charge on any atom is -0.399 e. The molecule has 0 aliphatic heterocycles. The van der Waals surface area contributed by atoms with Crippen molar-refractivity contribution in [3.63, 3.8) is 0 Å². The van der Waals surface area contributed by atoms with Crippen LogP contribution in [0.1, 0.15) is 24.1 Å². The molecule has 0 aliphatic carbocycles. The van der Waals surface area contributed by atoms with Gasteiger partial charge in [-0.2, -0.15) is 0 Å². The number of nitrogen functional groups attached to an aromatic ring is 1.